The van der Waals surface area contributed by atoms with Crippen LogP contribution in [0.2, 0.25) is 0 Å². The molecule has 0 spiro atoms. The number of piperidine rings is 1. The molecule has 30 heavy (non-hydrogen) atoms. The third kappa shape index (κ3) is 6.34. The fourth-order valence-corrected chi connectivity index (χ4v) is 3.80. The summed E-state index contributed by atoms with van der Waals surface area (Å²) in [5.41, 5.74) is 2.13. The van der Waals surface area contributed by atoms with Crippen molar-refractivity contribution in [2.45, 2.75) is 45.7 Å². The van der Waals surface area contributed by atoms with Gasteiger partial charge in [-0.3, -0.25) is 9.89 Å². The molecule has 1 aliphatic rings. The summed E-state index contributed by atoms with van der Waals surface area (Å²) in [6.45, 7) is 7.32. The fourth-order valence-electron chi connectivity index (χ4n) is 3.80. The molecule has 0 radical (unpaired) electrons. The molecule has 166 valence electrons. The van der Waals surface area contributed by atoms with Crippen LogP contribution in [0.4, 0.5) is 0 Å². The maximum atomic E-state index is 5.65. The van der Waals surface area contributed by atoms with Gasteiger partial charge in [0.1, 0.15) is 11.5 Å². The Balaban J connectivity index is 0.00000320. The van der Waals surface area contributed by atoms with E-state index >= 15 is 0 Å². The van der Waals surface area contributed by atoms with Gasteiger partial charge in [-0.2, -0.15) is 0 Å². The molecular formula is C22H34IN5O2. The van der Waals surface area contributed by atoms with Crippen molar-refractivity contribution in [2.24, 2.45) is 4.99 Å². The van der Waals surface area contributed by atoms with Gasteiger partial charge < -0.3 is 19.8 Å². The smallest absolute Gasteiger partial charge is 0.214 e. The van der Waals surface area contributed by atoms with Crippen LogP contribution in [0.15, 0.2) is 33.7 Å². The van der Waals surface area contributed by atoms with E-state index in [0.29, 0.717) is 12.4 Å². The van der Waals surface area contributed by atoms with Crippen molar-refractivity contribution in [3.05, 3.63) is 47.2 Å². The summed E-state index contributed by atoms with van der Waals surface area (Å²) in [5.74, 6) is 3.18. The molecule has 3 rings (SSSR count). The average molecular weight is 527 g/mol. The van der Waals surface area contributed by atoms with Gasteiger partial charge >= 0.3 is 0 Å². The number of aryl methyl sites for hydroxylation is 2. The molecule has 0 aliphatic carbocycles. The minimum absolute atomic E-state index is 0. The summed E-state index contributed by atoms with van der Waals surface area (Å²) >= 11 is 0. The molecule has 1 saturated heterocycles. The summed E-state index contributed by atoms with van der Waals surface area (Å²) in [6, 6.07) is 8.51. The number of nitrogens with zero attached hydrogens (tertiary/aromatic N) is 3. The van der Waals surface area contributed by atoms with Gasteiger partial charge in [0.2, 0.25) is 5.89 Å². The van der Waals surface area contributed by atoms with Crippen LogP contribution >= 0.6 is 24.0 Å². The van der Waals surface area contributed by atoms with E-state index in [-0.39, 0.29) is 30.0 Å². The molecular weight excluding hydrogens is 493 g/mol. The molecule has 0 amide bonds. The Morgan fingerprint density at radius 1 is 1.20 bits per heavy atom. The van der Waals surface area contributed by atoms with Crippen LogP contribution in [0.1, 0.15) is 48.2 Å². The Morgan fingerprint density at radius 3 is 2.57 bits per heavy atom. The van der Waals surface area contributed by atoms with Crippen LogP contribution in [0.3, 0.4) is 0 Å². The number of hydrogen-bond acceptors (Lipinski definition) is 5. The van der Waals surface area contributed by atoms with Crippen molar-refractivity contribution >= 4 is 29.9 Å². The second-order valence-electron chi connectivity index (χ2n) is 7.41. The maximum Gasteiger partial charge on any atom is 0.214 e. The lowest BCUT2D eigenvalue weighted by atomic mass is 10.0. The van der Waals surface area contributed by atoms with Gasteiger partial charge in [0.25, 0.3) is 0 Å². The van der Waals surface area contributed by atoms with E-state index in [1.54, 1.807) is 14.2 Å². The first-order valence-corrected chi connectivity index (χ1v) is 10.4. The Kier molecular flexibility index (Phi) is 9.90. The van der Waals surface area contributed by atoms with Gasteiger partial charge in [0.15, 0.2) is 5.96 Å². The predicted octanol–water partition coefficient (Wildman–Crippen LogP) is 3.81. The topological polar surface area (TPSA) is 74.9 Å². The van der Waals surface area contributed by atoms with E-state index in [1.165, 1.54) is 24.8 Å². The third-order valence-electron chi connectivity index (χ3n) is 5.50. The maximum absolute atomic E-state index is 5.65. The number of oxazole rings is 1. The summed E-state index contributed by atoms with van der Waals surface area (Å²) in [6.07, 6.45) is 3.78. The number of guanidine groups is 1. The zero-order chi connectivity index (χ0) is 20.6. The number of para-hydroxylation sites is 1. The van der Waals surface area contributed by atoms with Crippen LogP contribution in [-0.2, 0) is 6.54 Å². The van der Waals surface area contributed by atoms with Gasteiger partial charge in [0, 0.05) is 19.2 Å². The standard InChI is InChI=1S/C22H33N5O2.HI/c1-16-17(2)29-21(26-16)15-25-22(23-3)24-14-19(27-12-8-5-9-13-27)18-10-6-7-11-20(18)28-4;/h6-7,10-11,19H,5,8-9,12-15H2,1-4H3,(H2,23,24,25);1H. The Hall–Kier alpha value is -1.81. The minimum atomic E-state index is 0. The lowest BCUT2D eigenvalue weighted by molar-refractivity contribution is 0.161. The van der Waals surface area contributed by atoms with Crippen LogP contribution < -0.4 is 15.4 Å². The third-order valence-corrected chi connectivity index (χ3v) is 5.50. The van der Waals surface area contributed by atoms with Crippen LogP contribution in [0, 0.1) is 13.8 Å². The summed E-state index contributed by atoms with van der Waals surface area (Å²) in [4.78, 5) is 11.3. The van der Waals surface area contributed by atoms with E-state index in [0.717, 1.165) is 42.8 Å². The lowest BCUT2D eigenvalue weighted by Gasteiger charge is -2.35. The van der Waals surface area contributed by atoms with E-state index in [9.17, 15) is 0 Å². The highest BCUT2D eigenvalue weighted by molar-refractivity contribution is 14.0. The largest absolute Gasteiger partial charge is 0.496 e. The molecule has 1 aliphatic heterocycles. The molecule has 7 nitrogen and oxygen atoms in total. The number of methoxy groups -OCH3 is 1. The molecule has 8 heteroatoms. The lowest BCUT2D eigenvalue weighted by Crippen LogP contribution is -2.44. The number of ether oxygens (including phenoxy) is 1. The Bertz CT molecular complexity index is 798. The highest BCUT2D eigenvalue weighted by Crippen LogP contribution is 2.30. The zero-order valence-corrected chi connectivity index (χ0v) is 20.7. The van der Waals surface area contributed by atoms with Crippen LogP contribution in [0.5, 0.6) is 5.75 Å². The minimum Gasteiger partial charge on any atom is -0.496 e. The number of likely N-dealkylation sites (tertiary alicyclic amines) is 1. The number of benzene rings is 1. The van der Waals surface area contributed by atoms with Crippen molar-refractivity contribution < 1.29 is 9.15 Å². The van der Waals surface area contributed by atoms with Gasteiger partial charge in [-0.15, -0.1) is 24.0 Å². The average Bonchev–Trinajstić information content (AvgIpc) is 3.08. The first kappa shape index (κ1) is 24.5. The molecule has 1 atom stereocenters. The quantitative estimate of drug-likeness (QED) is 0.324. The van der Waals surface area contributed by atoms with Gasteiger partial charge in [0.05, 0.1) is 25.4 Å². The molecule has 1 aromatic heterocycles. The van der Waals surface area contributed by atoms with Gasteiger partial charge in [-0.1, -0.05) is 24.6 Å². The van der Waals surface area contributed by atoms with Crippen LogP contribution in [0.25, 0.3) is 0 Å². The Morgan fingerprint density at radius 2 is 1.93 bits per heavy atom. The molecule has 1 fully saturated rings. The Labute approximate surface area is 196 Å². The van der Waals surface area contributed by atoms with E-state index < -0.39 is 0 Å². The van der Waals surface area contributed by atoms with Gasteiger partial charge in [-0.25, -0.2) is 4.98 Å². The highest BCUT2D eigenvalue weighted by atomic mass is 127. The van der Waals surface area contributed by atoms with E-state index in [4.69, 9.17) is 9.15 Å². The number of rotatable bonds is 7. The molecule has 0 saturated carbocycles. The van der Waals surface area contributed by atoms with Gasteiger partial charge in [-0.05, 0) is 45.8 Å². The van der Waals surface area contributed by atoms with Crippen molar-refractivity contribution in [2.75, 3.05) is 33.8 Å². The normalized spacial score (nSPS) is 15.9. The second kappa shape index (κ2) is 12.1. The van der Waals surface area contributed by atoms with Crippen molar-refractivity contribution in [1.82, 2.24) is 20.5 Å². The van der Waals surface area contributed by atoms with E-state index in [1.807, 2.05) is 26.0 Å². The molecule has 2 heterocycles. The summed E-state index contributed by atoms with van der Waals surface area (Å²) in [5, 5.41) is 6.78. The number of aromatic nitrogens is 1. The predicted molar refractivity (Wildman–Crippen MR) is 131 cm³/mol. The molecule has 2 aromatic rings. The highest BCUT2D eigenvalue weighted by Gasteiger charge is 2.25. The van der Waals surface area contributed by atoms with Crippen molar-refractivity contribution in [1.29, 1.82) is 0 Å². The fraction of sp³-hybridized carbons (Fsp3) is 0.545. The zero-order valence-electron chi connectivity index (χ0n) is 18.4. The van der Waals surface area contributed by atoms with E-state index in [2.05, 4.69) is 37.6 Å². The molecule has 1 aromatic carbocycles. The monoisotopic (exact) mass is 527 g/mol. The number of nitrogens with one attached hydrogen (secondary N) is 2. The van der Waals surface area contributed by atoms with Crippen molar-refractivity contribution in [3.63, 3.8) is 0 Å². The molecule has 1 unspecified atom stereocenters. The number of hydrogen-bond donors (Lipinski definition) is 2. The SMILES string of the molecule is CN=C(NCc1nc(C)c(C)o1)NCC(c1ccccc1OC)N1CCCCC1.I. The first-order valence-electron chi connectivity index (χ1n) is 10.4. The molecule has 0 bridgehead atoms. The second-order valence-corrected chi connectivity index (χ2v) is 7.41. The summed E-state index contributed by atoms with van der Waals surface area (Å²) < 4.78 is 11.3. The van der Waals surface area contributed by atoms with Crippen LogP contribution in [-0.4, -0.2) is 49.6 Å². The number of halogens is 1. The molecule has 2 N–H and O–H groups in total. The summed E-state index contributed by atoms with van der Waals surface area (Å²) in [7, 11) is 3.51. The number of aliphatic imine (C=N–C) groups is 1. The van der Waals surface area contributed by atoms with Crippen molar-refractivity contribution in [3.8, 4) is 5.75 Å². The first-order chi connectivity index (χ1) is 14.1.